The molecule has 0 bridgehead atoms. The first kappa shape index (κ1) is 14.9. The van der Waals surface area contributed by atoms with Crippen molar-refractivity contribution in [1.29, 1.82) is 0 Å². The molecule has 0 saturated carbocycles. The van der Waals surface area contributed by atoms with E-state index in [0.717, 1.165) is 19.3 Å². The highest BCUT2D eigenvalue weighted by atomic mass is 32.2. The quantitative estimate of drug-likeness (QED) is 0.501. The van der Waals surface area contributed by atoms with Gasteiger partial charge in [-0.1, -0.05) is 39.5 Å². The molecule has 0 rings (SSSR count). The molecular weight excluding hydrogens is 216 g/mol. The van der Waals surface area contributed by atoms with Crippen LogP contribution in [0.15, 0.2) is 0 Å². The number of aliphatic hydroxyl groups excluding tert-OH is 1. The van der Waals surface area contributed by atoms with E-state index in [1.165, 1.54) is 0 Å². The smallest absolute Gasteiger partial charge is 0.270 e. The maximum atomic E-state index is 11.0. The molecule has 0 amide bonds. The molecule has 0 fully saturated rings. The van der Waals surface area contributed by atoms with E-state index in [2.05, 4.69) is 0 Å². The molecule has 0 aromatic heterocycles. The lowest BCUT2D eigenvalue weighted by Crippen LogP contribution is -2.33. The van der Waals surface area contributed by atoms with Crippen LogP contribution in [0.2, 0.25) is 0 Å². The van der Waals surface area contributed by atoms with Crippen LogP contribution in [0, 0.1) is 0 Å². The van der Waals surface area contributed by atoms with Gasteiger partial charge in [0.15, 0.2) is 0 Å². The van der Waals surface area contributed by atoms with Gasteiger partial charge in [-0.3, -0.25) is 4.55 Å². The predicted molar refractivity (Wildman–Crippen MR) is 60.4 cm³/mol. The van der Waals surface area contributed by atoms with Crippen LogP contribution in [-0.2, 0) is 10.1 Å². The fourth-order valence-electron chi connectivity index (χ4n) is 1.62. The molecule has 15 heavy (non-hydrogen) atoms. The summed E-state index contributed by atoms with van der Waals surface area (Å²) >= 11 is 0. The minimum atomic E-state index is -4.12. The molecule has 0 aliphatic rings. The first-order valence-corrected chi connectivity index (χ1v) is 7.08. The number of hydrogen-bond donors (Lipinski definition) is 2. The Morgan fingerprint density at radius 3 is 2.07 bits per heavy atom. The van der Waals surface area contributed by atoms with Crippen molar-refractivity contribution in [2.75, 3.05) is 0 Å². The highest BCUT2D eigenvalue weighted by Gasteiger charge is 2.29. The van der Waals surface area contributed by atoms with E-state index in [1.807, 2.05) is 13.8 Å². The van der Waals surface area contributed by atoms with Crippen molar-refractivity contribution in [3.05, 3.63) is 0 Å². The summed E-state index contributed by atoms with van der Waals surface area (Å²) in [6, 6.07) is 0. The molecule has 0 aromatic carbocycles. The Morgan fingerprint density at radius 1 is 1.07 bits per heavy atom. The van der Waals surface area contributed by atoms with Crippen LogP contribution >= 0.6 is 0 Å². The van der Waals surface area contributed by atoms with Crippen molar-refractivity contribution < 1.29 is 18.1 Å². The van der Waals surface area contributed by atoms with Crippen LogP contribution in [0.25, 0.3) is 0 Å². The van der Waals surface area contributed by atoms with Crippen molar-refractivity contribution in [3.63, 3.8) is 0 Å². The van der Waals surface area contributed by atoms with E-state index in [-0.39, 0.29) is 0 Å². The van der Waals surface area contributed by atoms with E-state index >= 15 is 0 Å². The van der Waals surface area contributed by atoms with Gasteiger partial charge in [-0.15, -0.1) is 0 Å². The zero-order valence-corrected chi connectivity index (χ0v) is 10.3. The monoisotopic (exact) mass is 238 g/mol. The highest BCUT2D eigenvalue weighted by molar-refractivity contribution is 7.86. The molecule has 2 atom stereocenters. The van der Waals surface area contributed by atoms with Gasteiger partial charge in [-0.05, 0) is 12.8 Å². The second kappa shape index (κ2) is 7.19. The molecule has 0 spiro atoms. The Labute approximate surface area is 92.4 Å². The second-order valence-electron chi connectivity index (χ2n) is 3.91. The molecule has 4 nitrogen and oxygen atoms in total. The van der Waals surface area contributed by atoms with E-state index < -0.39 is 21.5 Å². The van der Waals surface area contributed by atoms with Crippen molar-refractivity contribution in [1.82, 2.24) is 0 Å². The predicted octanol–water partition coefficient (Wildman–Crippen LogP) is 1.98. The first-order valence-electron chi connectivity index (χ1n) is 5.57. The van der Waals surface area contributed by atoms with Crippen LogP contribution in [0.3, 0.4) is 0 Å². The van der Waals surface area contributed by atoms with Gasteiger partial charge in [0.25, 0.3) is 10.1 Å². The SMILES string of the molecule is CCCCCC(C(O)CCC)S(=O)(=O)O. The van der Waals surface area contributed by atoms with Gasteiger partial charge in [-0.2, -0.15) is 8.42 Å². The molecule has 0 heterocycles. The van der Waals surface area contributed by atoms with Gasteiger partial charge in [0.05, 0.1) is 6.10 Å². The fourth-order valence-corrected chi connectivity index (χ4v) is 2.61. The molecule has 0 aliphatic carbocycles. The lowest BCUT2D eigenvalue weighted by Gasteiger charge is -2.19. The molecule has 92 valence electrons. The van der Waals surface area contributed by atoms with Gasteiger partial charge in [0.1, 0.15) is 5.25 Å². The Balaban J connectivity index is 4.32. The van der Waals surface area contributed by atoms with Gasteiger partial charge in [0.2, 0.25) is 0 Å². The fraction of sp³-hybridized carbons (Fsp3) is 1.00. The molecule has 5 heteroatoms. The van der Waals surface area contributed by atoms with Crippen LogP contribution in [-0.4, -0.2) is 29.4 Å². The minimum Gasteiger partial charge on any atom is -0.392 e. The molecule has 2 N–H and O–H groups in total. The minimum absolute atomic E-state index is 0.341. The Bertz CT molecular complexity index is 248. The number of hydrogen-bond acceptors (Lipinski definition) is 3. The van der Waals surface area contributed by atoms with Gasteiger partial charge >= 0.3 is 0 Å². The molecular formula is C10H22O4S. The topological polar surface area (TPSA) is 74.6 Å². The molecule has 0 aromatic rings. The standard InChI is InChI=1S/C10H22O4S/c1-3-5-6-8-10(15(12,13)14)9(11)7-4-2/h9-11H,3-8H2,1-2H3,(H,12,13,14). The van der Waals surface area contributed by atoms with Crippen LogP contribution in [0.4, 0.5) is 0 Å². The zero-order valence-electron chi connectivity index (χ0n) is 9.52. The largest absolute Gasteiger partial charge is 0.392 e. The molecule has 0 saturated heterocycles. The Hall–Kier alpha value is -0.130. The lowest BCUT2D eigenvalue weighted by atomic mass is 10.1. The normalized spacial score (nSPS) is 16.3. The third kappa shape index (κ3) is 6.12. The van der Waals surface area contributed by atoms with E-state index in [1.54, 1.807) is 0 Å². The Kier molecular flexibility index (Phi) is 7.13. The van der Waals surface area contributed by atoms with Crippen molar-refractivity contribution in [2.24, 2.45) is 0 Å². The molecule has 0 radical (unpaired) electrons. The van der Waals surface area contributed by atoms with Gasteiger partial charge in [0, 0.05) is 0 Å². The summed E-state index contributed by atoms with van der Waals surface area (Å²) in [6.07, 6.45) is 3.15. The summed E-state index contributed by atoms with van der Waals surface area (Å²) in [5, 5.41) is 8.59. The summed E-state index contributed by atoms with van der Waals surface area (Å²) in [6.45, 7) is 3.89. The van der Waals surface area contributed by atoms with E-state index in [0.29, 0.717) is 19.3 Å². The molecule has 0 aliphatic heterocycles. The average molecular weight is 238 g/mol. The summed E-state index contributed by atoms with van der Waals surface area (Å²) in [5.74, 6) is 0. The van der Waals surface area contributed by atoms with Crippen LogP contribution < -0.4 is 0 Å². The molecule has 2 unspecified atom stereocenters. The summed E-state index contributed by atoms with van der Waals surface area (Å²) in [4.78, 5) is 0. The number of aliphatic hydroxyl groups is 1. The van der Waals surface area contributed by atoms with Crippen molar-refractivity contribution in [2.45, 2.75) is 63.7 Å². The lowest BCUT2D eigenvalue weighted by molar-refractivity contribution is 0.149. The van der Waals surface area contributed by atoms with Gasteiger partial charge in [-0.25, -0.2) is 0 Å². The maximum Gasteiger partial charge on any atom is 0.270 e. The Morgan fingerprint density at radius 2 is 1.67 bits per heavy atom. The maximum absolute atomic E-state index is 11.0. The third-order valence-electron chi connectivity index (χ3n) is 2.49. The average Bonchev–Trinajstić information content (AvgIpc) is 2.10. The zero-order chi connectivity index (χ0) is 11.9. The summed E-state index contributed by atoms with van der Waals surface area (Å²) in [5.41, 5.74) is 0. The van der Waals surface area contributed by atoms with Crippen LogP contribution in [0.5, 0.6) is 0 Å². The van der Waals surface area contributed by atoms with Crippen LogP contribution in [0.1, 0.15) is 52.4 Å². The summed E-state index contributed by atoms with van der Waals surface area (Å²) < 4.78 is 31.1. The second-order valence-corrected chi connectivity index (χ2v) is 5.54. The van der Waals surface area contributed by atoms with E-state index in [4.69, 9.17) is 4.55 Å². The first-order chi connectivity index (χ1) is 6.93. The third-order valence-corrected chi connectivity index (χ3v) is 3.80. The summed E-state index contributed by atoms with van der Waals surface area (Å²) in [7, 11) is -4.12. The van der Waals surface area contributed by atoms with Crippen molar-refractivity contribution in [3.8, 4) is 0 Å². The highest BCUT2D eigenvalue weighted by Crippen LogP contribution is 2.17. The number of rotatable bonds is 8. The van der Waals surface area contributed by atoms with Gasteiger partial charge < -0.3 is 5.11 Å². The van der Waals surface area contributed by atoms with Crippen molar-refractivity contribution >= 4 is 10.1 Å². The van der Waals surface area contributed by atoms with E-state index in [9.17, 15) is 13.5 Å². The number of unbranched alkanes of at least 4 members (excludes halogenated alkanes) is 2.